The van der Waals surface area contributed by atoms with Gasteiger partial charge in [0.15, 0.2) is 5.11 Å². The molecule has 2 aromatic rings. The third-order valence-electron chi connectivity index (χ3n) is 3.36. The average molecular weight is 324 g/mol. The van der Waals surface area contributed by atoms with E-state index >= 15 is 0 Å². The van der Waals surface area contributed by atoms with Crippen LogP contribution in [-0.2, 0) is 4.79 Å². The van der Waals surface area contributed by atoms with Crippen molar-refractivity contribution in [3.8, 4) is 0 Å². The van der Waals surface area contributed by atoms with E-state index in [0.29, 0.717) is 11.7 Å². The Kier molecular flexibility index (Phi) is 6.06. The smallest absolute Gasteiger partial charge is 0.250 e. The Morgan fingerprint density at radius 3 is 2.39 bits per heavy atom. The lowest BCUT2D eigenvalue weighted by molar-refractivity contribution is -0.115. The summed E-state index contributed by atoms with van der Waals surface area (Å²) in [5.41, 5.74) is 3.13. The van der Waals surface area contributed by atoms with Gasteiger partial charge < -0.3 is 4.90 Å². The molecule has 0 spiro atoms. The monoisotopic (exact) mass is 324 g/mol. The fourth-order valence-electron chi connectivity index (χ4n) is 2.12. The van der Waals surface area contributed by atoms with E-state index in [2.05, 4.69) is 5.32 Å². The Morgan fingerprint density at radius 2 is 1.78 bits per heavy atom. The van der Waals surface area contributed by atoms with Crippen LogP contribution in [-0.4, -0.2) is 17.6 Å². The van der Waals surface area contributed by atoms with E-state index in [1.54, 1.807) is 6.08 Å². The zero-order valence-electron chi connectivity index (χ0n) is 13.3. The van der Waals surface area contributed by atoms with E-state index in [1.807, 2.05) is 73.3 Å². The molecule has 0 aromatic heterocycles. The molecule has 0 atom stereocenters. The second-order valence-electron chi connectivity index (χ2n) is 5.12. The molecular formula is C19H20N2OS. The molecule has 0 aliphatic rings. The van der Waals surface area contributed by atoms with Gasteiger partial charge in [-0.3, -0.25) is 10.1 Å². The minimum Gasteiger partial charge on any atom is -0.319 e. The number of rotatable bonds is 4. The van der Waals surface area contributed by atoms with Gasteiger partial charge in [0.2, 0.25) is 5.91 Å². The predicted octanol–water partition coefficient (Wildman–Crippen LogP) is 3.94. The van der Waals surface area contributed by atoms with Crippen LogP contribution in [0.2, 0.25) is 0 Å². The van der Waals surface area contributed by atoms with Crippen molar-refractivity contribution in [2.75, 3.05) is 11.4 Å². The van der Waals surface area contributed by atoms with Crippen molar-refractivity contribution >= 4 is 35.0 Å². The second kappa shape index (κ2) is 8.25. The molecule has 0 radical (unpaired) electrons. The Bertz CT molecular complexity index is 693. The fraction of sp³-hybridized carbons (Fsp3) is 0.158. The molecular weight excluding hydrogens is 304 g/mol. The van der Waals surface area contributed by atoms with Crippen LogP contribution in [0.3, 0.4) is 0 Å². The van der Waals surface area contributed by atoms with Gasteiger partial charge in [-0.15, -0.1) is 0 Å². The zero-order valence-corrected chi connectivity index (χ0v) is 14.1. The Morgan fingerprint density at radius 1 is 1.13 bits per heavy atom. The lowest BCUT2D eigenvalue weighted by Crippen LogP contribution is -2.42. The summed E-state index contributed by atoms with van der Waals surface area (Å²) in [4.78, 5) is 13.9. The number of nitrogens with zero attached hydrogens (tertiary/aromatic N) is 1. The fourth-order valence-corrected chi connectivity index (χ4v) is 2.45. The molecule has 23 heavy (non-hydrogen) atoms. The van der Waals surface area contributed by atoms with Gasteiger partial charge in [-0.1, -0.05) is 48.0 Å². The second-order valence-corrected chi connectivity index (χ2v) is 5.50. The third kappa shape index (κ3) is 5.04. The predicted molar refractivity (Wildman–Crippen MR) is 100 cm³/mol. The van der Waals surface area contributed by atoms with Crippen LogP contribution in [0.25, 0.3) is 6.08 Å². The number of thiocarbonyl (C=S) groups is 1. The van der Waals surface area contributed by atoms with Gasteiger partial charge in [0.05, 0.1) is 0 Å². The maximum absolute atomic E-state index is 12.0. The SMILES string of the molecule is CCN(C(=S)NC(=O)C=Cc1ccc(C)cc1)c1ccccc1. The van der Waals surface area contributed by atoms with E-state index in [0.717, 1.165) is 11.3 Å². The summed E-state index contributed by atoms with van der Waals surface area (Å²) in [7, 11) is 0. The van der Waals surface area contributed by atoms with Crippen molar-refractivity contribution in [3.05, 3.63) is 71.8 Å². The summed E-state index contributed by atoms with van der Waals surface area (Å²) in [6.45, 7) is 4.71. The maximum atomic E-state index is 12.0. The van der Waals surface area contributed by atoms with Gasteiger partial charge in [-0.2, -0.15) is 0 Å². The quantitative estimate of drug-likeness (QED) is 0.683. The number of carbonyl (C=O) groups is 1. The number of anilines is 1. The summed E-state index contributed by atoms with van der Waals surface area (Å²) in [6.07, 6.45) is 3.27. The molecule has 0 saturated carbocycles. The van der Waals surface area contributed by atoms with Crippen molar-refractivity contribution in [2.45, 2.75) is 13.8 Å². The summed E-state index contributed by atoms with van der Waals surface area (Å²) in [5.74, 6) is -0.232. The number of carbonyl (C=O) groups excluding carboxylic acids is 1. The van der Waals surface area contributed by atoms with E-state index < -0.39 is 0 Å². The average Bonchev–Trinajstić information content (AvgIpc) is 2.56. The minimum absolute atomic E-state index is 0.232. The highest BCUT2D eigenvalue weighted by atomic mass is 32.1. The highest BCUT2D eigenvalue weighted by molar-refractivity contribution is 7.80. The van der Waals surface area contributed by atoms with Crippen LogP contribution in [0.5, 0.6) is 0 Å². The molecule has 3 nitrogen and oxygen atoms in total. The first kappa shape index (κ1) is 16.9. The molecule has 0 aliphatic heterocycles. The number of amides is 1. The van der Waals surface area contributed by atoms with E-state index in [-0.39, 0.29) is 5.91 Å². The van der Waals surface area contributed by atoms with Crippen molar-refractivity contribution in [2.24, 2.45) is 0 Å². The van der Waals surface area contributed by atoms with E-state index in [4.69, 9.17) is 12.2 Å². The van der Waals surface area contributed by atoms with Crippen LogP contribution >= 0.6 is 12.2 Å². The first-order valence-corrected chi connectivity index (χ1v) is 7.93. The van der Waals surface area contributed by atoms with Crippen molar-refractivity contribution in [3.63, 3.8) is 0 Å². The molecule has 1 amide bonds. The molecule has 0 fully saturated rings. The largest absolute Gasteiger partial charge is 0.319 e. The standard InChI is InChI=1S/C19H20N2OS/c1-3-21(17-7-5-4-6-8-17)19(23)20-18(22)14-13-16-11-9-15(2)10-12-16/h4-14H,3H2,1-2H3,(H,20,22,23). The van der Waals surface area contributed by atoms with Crippen LogP contribution < -0.4 is 10.2 Å². The maximum Gasteiger partial charge on any atom is 0.250 e. The summed E-state index contributed by atoms with van der Waals surface area (Å²) in [6, 6.07) is 17.7. The molecule has 0 heterocycles. The van der Waals surface area contributed by atoms with Crippen molar-refractivity contribution in [1.82, 2.24) is 5.32 Å². The number of benzene rings is 2. The summed E-state index contributed by atoms with van der Waals surface area (Å²) in [5, 5.41) is 3.14. The molecule has 0 bridgehead atoms. The number of aryl methyl sites for hydroxylation is 1. The molecule has 118 valence electrons. The number of hydrogen-bond donors (Lipinski definition) is 1. The Balaban J connectivity index is 1.98. The first-order valence-electron chi connectivity index (χ1n) is 7.52. The molecule has 2 rings (SSSR count). The van der Waals surface area contributed by atoms with Crippen LogP contribution in [0, 0.1) is 6.92 Å². The van der Waals surface area contributed by atoms with Gasteiger partial charge in [0, 0.05) is 18.3 Å². The van der Waals surface area contributed by atoms with Gasteiger partial charge >= 0.3 is 0 Å². The van der Waals surface area contributed by atoms with Crippen LogP contribution in [0.1, 0.15) is 18.1 Å². The summed E-state index contributed by atoms with van der Waals surface area (Å²) >= 11 is 5.34. The topological polar surface area (TPSA) is 32.3 Å². The van der Waals surface area contributed by atoms with E-state index in [9.17, 15) is 4.79 Å². The zero-order chi connectivity index (χ0) is 16.7. The molecule has 0 saturated heterocycles. The highest BCUT2D eigenvalue weighted by Crippen LogP contribution is 2.13. The van der Waals surface area contributed by atoms with E-state index in [1.165, 1.54) is 11.6 Å². The normalized spacial score (nSPS) is 10.5. The summed E-state index contributed by atoms with van der Waals surface area (Å²) < 4.78 is 0. The highest BCUT2D eigenvalue weighted by Gasteiger charge is 2.11. The molecule has 1 N–H and O–H groups in total. The Hall–Kier alpha value is -2.46. The van der Waals surface area contributed by atoms with Crippen LogP contribution in [0.4, 0.5) is 5.69 Å². The van der Waals surface area contributed by atoms with Crippen LogP contribution in [0.15, 0.2) is 60.7 Å². The minimum atomic E-state index is -0.232. The lowest BCUT2D eigenvalue weighted by atomic mass is 10.1. The molecule has 4 heteroatoms. The van der Waals surface area contributed by atoms with Gasteiger partial charge in [-0.25, -0.2) is 0 Å². The van der Waals surface area contributed by atoms with Gasteiger partial charge in [-0.05, 0) is 49.8 Å². The first-order chi connectivity index (χ1) is 11.1. The molecule has 2 aromatic carbocycles. The molecule has 0 unspecified atom stereocenters. The number of para-hydroxylation sites is 1. The van der Waals surface area contributed by atoms with Gasteiger partial charge in [0.25, 0.3) is 0 Å². The third-order valence-corrected chi connectivity index (χ3v) is 3.69. The van der Waals surface area contributed by atoms with Gasteiger partial charge in [0.1, 0.15) is 0 Å². The number of nitrogens with one attached hydrogen (secondary N) is 1. The number of hydrogen-bond acceptors (Lipinski definition) is 2. The lowest BCUT2D eigenvalue weighted by Gasteiger charge is -2.23. The van der Waals surface area contributed by atoms with Crippen molar-refractivity contribution in [1.29, 1.82) is 0 Å². The Labute approximate surface area is 142 Å². The molecule has 0 aliphatic carbocycles. The van der Waals surface area contributed by atoms with Crippen molar-refractivity contribution < 1.29 is 4.79 Å².